The second kappa shape index (κ2) is 7.70. The number of anilines is 1. The van der Waals surface area contributed by atoms with Crippen LogP contribution in [0.2, 0.25) is 0 Å². The highest BCUT2D eigenvalue weighted by Gasteiger charge is 2.44. The molecule has 2 fully saturated rings. The number of hydrogen-bond acceptors (Lipinski definition) is 6. The number of nitrogens with one attached hydrogen (secondary N) is 2. The molecule has 3 aliphatic rings. The first-order valence-corrected chi connectivity index (χ1v) is 11.2. The van der Waals surface area contributed by atoms with Gasteiger partial charge in [0.1, 0.15) is 18.1 Å². The monoisotopic (exact) mass is 434 g/mol. The summed E-state index contributed by atoms with van der Waals surface area (Å²) >= 11 is 0. The predicted molar refractivity (Wildman–Crippen MR) is 120 cm³/mol. The Morgan fingerprint density at radius 2 is 2.03 bits per heavy atom. The fourth-order valence-corrected chi connectivity index (χ4v) is 4.81. The number of hydrogen-bond donors (Lipinski definition) is 2. The molecule has 166 valence electrons. The van der Waals surface area contributed by atoms with Gasteiger partial charge in [0.15, 0.2) is 0 Å². The van der Waals surface area contributed by atoms with Gasteiger partial charge in [0.25, 0.3) is 0 Å². The Morgan fingerprint density at radius 3 is 2.88 bits per heavy atom. The first kappa shape index (κ1) is 19.4. The summed E-state index contributed by atoms with van der Waals surface area (Å²) in [5.41, 5.74) is 5.17. The van der Waals surface area contributed by atoms with Crippen molar-refractivity contribution in [2.24, 2.45) is 5.41 Å². The van der Waals surface area contributed by atoms with Crippen LogP contribution in [0.1, 0.15) is 18.4 Å². The van der Waals surface area contributed by atoms with Crippen molar-refractivity contribution in [2.75, 3.05) is 44.4 Å². The standard InChI is InChI=1S/C24H26N4O4/c29-23-25-5-1-7-31-19-2-3-21-20(11-19)22(27-26-21)17-8-16(12-32-23)9-18(10-17)28-6-4-24(13-28)14-30-15-24/h2-3,8-11H,1,4-7,12-15H2,(H,25,29)(H,26,27). The molecule has 32 heavy (non-hydrogen) atoms. The molecule has 8 nitrogen and oxygen atoms in total. The van der Waals surface area contributed by atoms with Crippen molar-refractivity contribution in [2.45, 2.75) is 19.4 Å². The molecule has 2 N–H and O–H groups in total. The number of benzene rings is 2. The molecule has 4 heterocycles. The maximum atomic E-state index is 12.1. The van der Waals surface area contributed by atoms with E-state index in [1.807, 2.05) is 18.2 Å². The van der Waals surface area contributed by atoms with Crippen molar-refractivity contribution < 1.29 is 19.0 Å². The number of carbonyl (C=O) groups excluding carboxylic acids is 1. The van der Waals surface area contributed by atoms with Crippen LogP contribution in [-0.2, 0) is 16.1 Å². The number of carbonyl (C=O) groups is 1. The molecule has 2 saturated heterocycles. The van der Waals surface area contributed by atoms with Gasteiger partial charge in [0, 0.05) is 41.7 Å². The van der Waals surface area contributed by atoms with Crippen LogP contribution in [0, 0.1) is 5.41 Å². The Kier molecular flexibility index (Phi) is 4.68. The molecule has 1 amide bonds. The third kappa shape index (κ3) is 3.54. The lowest BCUT2D eigenvalue weighted by Crippen LogP contribution is -2.44. The number of ether oxygens (including phenoxy) is 3. The fraction of sp³-hybridized carbons (Fsp3) is 0.417. The van der Waals surface area contributed by atoms with Crippen molar-refractivity contribution in [3.63, 3.8) is 0 Å². The topological polar surface area (TPSA) is 88.7 Å². The van der Waals surface area contributed by atoms with Crippen molar-refractivity contribution in [3.05, 3.63) is 42.0 Å². The van der Waals surface area contributed by atoms with Crippen LogP contribution in [0.25, 0.3) is 22.2 Å². The molecule has 0 radical (unpaired) electrons. The predicted octanol–water partition coefficient (Wildman–Crippen LogP) is 3.47. The number of rotatable bonds is 1. The van der Waals surface area contributed by atoms with Crippen LogP contribution in [0.3, 0.4) is 0 Å². The summed E-state index contributed by atoms with van der Waals surface area (Å²) in [5, 5.41) is 11.6. The average Bonchev–Trinajstić information content (AvgIpc) is 3.41. The van der Waals surface area contributed by atoms with Gasteiger partial charge in [0.05, 0.1) is 25.3 Å². The minimum absolute atomic E-state index is 0.207. The Bertz CT molecular complexity index is 1170. The van der Waals surface area contributed by atoms with Gasteiger partial charge in [-0.25, -0.2) is 4.79 Å². The largest absolute Gasteiger partial charge is 0.494 e. The highest BCUT2D eigenvalue weighted by atomic mass is 16.5. The number of amides is 1. The zero-order valence-corrected chi connectivity index (χ0v) is 17.9. The van der Waals surface area contributed by atoms with Crippen LogP contribution in [0.5, 0.6) is 5.75 Å². The molecule has 2 aromatic carbocycles. The van der Waals surface area contributed by atoms with Gasteiger partial charge in [-0.2, -0.15) is 5.10 Å². The van der Waals surface area contributed by atoms with E-state index in [0.29, 0.717) is 19.6 Å². The van der Waals surface area contributed by atoms with Gasteiger partial charge >= 0.3 is 6.09 Å². The van der Waals surface area contributed by atoms with Gasteiger partial charge in [-0.05, 0) is 54.8 Å². The van der Waals surface area contributed by atoms with E-state index >= 15 is 0 Å². The van der Waals surface area contributed by atoms with Crippen molar-refractivity contribution in [1.29, 1.82) is 0 Å². The first-order chi connectivity index (χ1) is 15.7. The molecule has 0 saturated carbocycles. The molecule has 3 aliphatic heterocycles. The molecule has 4 bridgehead atoms. The van der Waals surface area contributed by atoms with Crippen LogP contribution >= 0.6 is 0 Å². The van der Waals surface area contributed by atoms with E-state index in [0.717, 1.165) is 71.9 Å². The summed E-state index contributed by atoms with van der Waals surface area (Å²) in [7, 11) is 0. The SMILES string of the molecule is O=C1NCCCOc2ccc3[nH]nc(c3c2)-c2cc(cc(N3CCC4(COC4)C3)c2)CO1. The molecular weight excluding hydrogens is 408 g/mol. The van der Waals surface area contributed by atoms with Crippen LogP contribution < -0.4 is 15.0 Å². The maximum absolute atomic E-state index is 12.1. The van der Waals surface area contributed by atoms with Gasteiger partial charge in [-0.3, -0.25) is 5.10 Å². The smallest absolute Gasteiger partial charge is 0.407 e. The fourth-order valence-electron chi connectivity index (χ4n) is 4.81. The number of fused-ring (bicyclic) bond motifs is 4. The van der Waals surface area contributed by atoms with Gasteiger partial charge in [0.2, 0.25) is 0 Å². The third-order valence-corrected chi connectivity index (χ3v) is 6.63. The van der Waals surface area contributed by atoms with Crippen molar-refractivity contribution in [3.8, 4) is 17.0 Å². The highest BCUT2D eigenvalue weighted by molar-refractivity contribution is 5.94. The number of aromatic nitrogens is 2. The number of aromatic amines is 1. The van der Waals surface area contributed by atoms with E-state index in [2.05, 4.69) is 38.6 Å². The summed E-state index contributed by atoms with van der Waals surface area (Å²) in [6, 6.07) is 12.3. The lowest BCUT2D eigenvalue weighted by atomic mass is 9.85. The van der Waals surface area contributed by atoms with E-state index in [9.17, 15) is 4.79 Å². The third-order valence-electron chi connectivity index (χ3n) is 6.63. The number of H-pyrrole nitrogens is 1. The lowest BCUT2D eigenvalue weighted by Gasteiger charge is -2.38. The van der Waals surface area contributed by atoms with E-state index in [1.165, 1.54) is 0 Å². The Balaban J connectivity index is 1.42. The lowest BCUT2D eigenvalue weighted by molar-refractivity contribution is -0.0985. The molecule has 8 heteroatoms. The summed E-state index contributed by atoms with van der Waals surface area (Å²) in [6.45, 7) is 4.87. The average molecular weight is 434 g/mol. The molecule has 0 atom stereocenters. The minimum atomic E-state index is -0.415. The Morgan fingerprint density at radius 1 is 1.09 bits per heavy atom. The van der Waals surface area contributed by atoms with Crippen molar-refractivity contribution in [1.82, 2.24) is 15.5 Å². The molecule has 3 aromatic rings. The van der Waals surface area contributed by atoms with E-state index in [1.54, 1.807) is 0 Å². The molecule has 0 aliphatic carbocycles. The summed E-state index contributed by atoms with van der Waals surface area (Å²) in [6.07, 6.45) is 1.42. The van der Waals surface area contributed by atoms with Crippen molar-refractivity contribution >= 4 is 22.7 Å². The Labute approximate surface area is 185 Å². The van der Waals surface area contributed by atoms with E-state index in [-0.39, 0.29) is 12.0 Å². The quantitative estimate of drug-likeness (QED) is 0.610. The van der Waals surface area contributed by atoms with Gasteiger partial charge in [-0.15, -0.1) is 0 Å². The minimum Gasteiger partial charge on any atom is -0.494 e. The van der Waals surface area contributed by atoms with Crippen LogP contribution in [0.4, 0.5) is 10.5 Å². The molecule has 1 aromatic heterocycles. The van der Waals surface area contributed by atoms with E-state index < -0.39 is 6.09 Å². The van der Waals surface area contributed by atoms with Gasteiger partial charge in [-0.1, -0.05) is 0 Å². The summed E-state index contributed by atoms with van der Waals surface area (Å²) in [4.78, 5) is 14.5. The van der Waals surface area contributed by atoms with Crippen LogP contribution in [-0.4, -0.2) is 55.7 Å². The van der Waals surface area contributed by atoms with E-state index in [4.69, 9.17) is 14.2 Å². The first-order valence-electron chi connectivity index (χ1n) is 11.2. The molecule has 1 spiro atoms. The molecule has 6 rings (SSSR count). The van der Waals surface area contributed by atoms with Crippen LogP contribution in [0.15, 0.2) is 36.4 Å². The number of alkyl carbamates (subject to hydrolysis) is 1. The molecular formula is C24H26N4O4. The zero-order chi connectivity index (χ0) is 21.5. The Hall–Kier alpha value is -3.26. The normalized spacial score (nSPS) is 20.2. The second-order valence-corrected chi connectivity index (χ2v) is 9.04. The summed E-state index contributed by atoms with van der Waals surface area (Å²) in [5.74, 6) is 0.792. The highest BCUT2D eigenvalue weighted by Crippen LogP contribution is 2.41. The van der Waals surface area contributed by atoms with Gasteiger partial charge < -0.3 is 24.4 Å². The zero-order valence-electron chi connectivity index (χ0n) is 17.9. The summed E-state index contributed by atoms with van der Waals surface area (Å²) < 4.78 is 16.9. The number of nitrogens with zero attached hydrogens (tertiary/aromatic N) is 2. The maximum Gasteiger partial charge on any atom is 0.407 e. The number of cyclic esters (lactones) is 1. The second-order valence-electron chi connectivity index (χ2n) is 9.04. The molecule has 0 unspecified atom stereocenters.